The summed E-state index contributed by atoms with van der Waals surface area (Å²) in [4.78, 5) is 26.2. The SMILES string of the molecule is CC(C)CNC(=O)N1CCC[C@H](C(=O)NCC#Cc2ccccc2)C1. The van der Waals surface area contributed by atoms with Gasteiger partial charge >= 0.3 is 6.03 Å². The number of nitrogens with zero attached hydrogens (tertiary/aromatic N) is 1. The lowest BCUT2D eigenvalue weighted by molar-refractivity contribution is -0.126. The van der Waals surface area contributed by atoms with Crippen LogP contribution in [-0.2, 0) is 4.79 Å². The lowest BCUT2D eigenvalue weighted by Crippen LogP contribution is -2.49. The van der Waals surface area contributed by atoms with Gasteiger partial charge in [0.15, 0.2) is 0 Å². The van der Waals surface area contributed by atoms with Crippen molar-refractivity contribution in [1.29, 1.82) is 0 Å². The average molecular weight is 341 g/mol. The van der Waals surface area contributed by atoms with E-state index in [9.17, 15) is 9.59 Å². The molecule has 134 valence electrons. The van der Waals surface area contributed by atoms with E-state index in [1.165, 1.54) is 0 Å². The summed E-state index contributed by atoms with van der Waals surface area (Å²) in [7, 11) is 0. The highest BCUT2D eigenvalue weighted by Crippen LogP contribution is 2.16. The molecule has 1 aromatic rings. The van der Waals surface area contributed by atoms with Crippen LogP contribution < -0.4 is 10.6 Å². The lowest BCUT2D eigenvalue weighted by atomic mass is 9.97. The topological polar surface area (TPSA) is 61.4 Å². The highest BCUT2D eigenvalue weighted by Gasteiger charge is 2.28. The van der Waals surface area contributed by atoms with Crippen molar-refractivity contribution in [3.63, 3.8) is 0 Å². The van der Waals surface area contributed by atoms with Crippen LogP contribution in [0.5, 0.6) is 0 Å². The summed E-state index contributed by atoms with van der Waals surface area (Å²) in [6, 6.07) is 9.61. The number of hydrogen-bond acceptors (Lipinski definition) is 2. The minimum atomic E-state index is -0.155. The van der Waals surface area contributed by atoms with Crippen LogP contribution in [0.1, 0.15) is 32.3 Å². The first-order valence-electron chi connectivity index (χ1n) is 8.90. The van der Waals surface area contributed by atoms with Gasteiger partial charge in [-0.25, -0.2) is 4.79 Å². The molecule has 1 aliphatic rings. The maximum atomic E-state index is 12.3. The zero-order chi connectivity index (χ0) is 18.1. The van der Waals surface area contributed by atoms with Crippen LogP contribution in [0.25, 0.3) is 0 Å². The summed E-state index contributed by atoms with van der Waals surface area (Å²) in [5, 5.41) is 5.78. The van der Waals surface area contributed by atoms with Crippen LogP contribution in [0.4, 0.5) is 4.79 Å². The molecule has 2 rings (SSSR count). The molecule has 0 unspecified atom stereocenters. The molecule has 0 radical (unpaired) electrons. The summed E-state index contributed by atoms with van der Waals surface area (Å²) >= 11 is 0. The average Bonchev–Trinajstić information content (AvgIpc) is 2.64. The van der Waals surface area contributed by atoms with Gasteiger partial charge in [0, 0.05) is 25.2 Å². The monoisotopic (exact) mass is 341 g/mol. The molecule has 25 heavy (non-hydrogen) atoms. The molecule has 0 bridgehead atoms. The van der Waals surface area contributed by atoms with Crippen LogP contribution in [-0.4, -0.2) is 43.0 Å². The van der Waals surface area contributed by atoms with Crippen LogP contribution in [0.15, 0.2) is 30.3 Å². The second-order valence-electron chi connectivity index (χ2n) is 6.75. The molecule has 1 heterocycles. The summed E-state index contributed by atoms with van der Waals surface area (Å²) in [6.45, 7) is 6.28. The van der Waals surface area contributed by atoms with E-state index >= 15 is 0 Å². The number of urea groups is 1. The van der Waals surface area contributed by atoms with Crippen molar-refractivity contribution in [3.8, 4) is 11.8 Å². The quantitative estimate of drug-likeness (QED) is 0.825. The Balaban J connectivity index is 1.77. The standard InChI is InChI=1S/C20H27N3O2/c1-16(2)14-22-20(25)23-13-7-11-18(15-23)19(24)21-12-6-10-17-8-4-3-5-9-17/h3-5,8-9,16,18H,7,11-15H2,1-2H3,(H,21,24)(H,22,25)/t18-/m0/s1. The predicted octanol–water partition coefficient (Wildman–Crippen LogP) is 2.23. The molecule has 1 aromatic carbocycles. The van der Waals surface area contributed by atoms with Crippen LogP contribution in [0, 0.1) is 23.7 Å². The number of likely N-dealkylation sites (tertiary alicyclic amines) is 1. The van der Waals surface area contributed by atoms with Gasteiger partial charge in [0.25, 0.3) is 0 Å². The van der Waals surface area contributed by atoms with E-state index < -0.39 is 0 Å². The number of rotatable bonds is 4. The Kier molecular flexibility index (Phi) is 7.34. The van der Waals surface area contributed by atoms with Gasteiger partial charge < -0.3 is 15.5 Å². The van der Waals surface area contributed by atoms with Crippen molar-refractivity contribution in [2.24, 2.45) is 11.8 Å². The molecule has 0 spiro atoms. The van der Waals surface area contributed by atoms with E-state index in [2.05, 4.69) is 36.3 Å². The van der Waals surface area contributed by atoms with Gasteiger partial charge in [-0.05, 0) is 30.9 Å². The Labute approximate surface area is 150 Å². The largest absolute Gasteiger partial charge is 0.345 e. The molecule has 5 heteroatoms. The Morgan fingerprint density at radius 3 is 2.72 bits per heavy atom. The van der Waals surface area contributed by atoms with Crippen molar-refractivity contribution >= 4 is 11.9 Å². The number of piperidine rings is 1. The minimum Gasteiger partial charge on any atom is -0.345 e. The molecule has 1 atom stereocenters. The first kappa shape index (κ1) is 18.9. The molecule has 0 aromatic heterocycles. The van der Waals surface area contributed by atoms with Crippen molar-refractivity contribution in [3.05, 3.63) is 35.9 Å². The Morgan fingerprint density at radius 1 is 1.24 bits per heavy atom. The third-order valence-electron chi connectivity index (χ3n) is 4.10. The van der Waals surface area contributed by atoms with E-state index in [1.807, 2.05) is 30.3 Å². The van der Waals surface area contributed by atoms with Gasteiger partial charge in [-0.3, -0.25) is 4.79 Å². The zero-order valence-electron chi connectivity index (χ0n) is 15.0. The molecule has 3 amide bonds. The van der Waals surface area contributed by atoms with Gasteiger partial charge in [0.2, 0.25) is 5.91 Å². The summed E-state index contributed by atoms with van der Waals surface area (Å²) < 4.78 is 0. The fourth-order valence-corrected chi connectivity index (χ4v) is 2.72. The van der Waals surface area contributed by atoms with E-state index in [0.29, 0.717) is 32.1 Å². The molecular formula is C20H27N3O2. The molecule has 1 fully saturated rings. The highest BCUT2D eigenvalue weighted by molar-refractivity contribution is 5.81. The molecule has 0 aliphatic carbocycles. The molecule has 5 nitrogen and oxygen atoms in total. The predicted molar refractivity (Wildman–Crippen MR) is 98.9 cm³/mol. The normalized spacial score (nSPS) is 16.8. The number of amides is 3. The van der Waals surface area contributed by atoms with Crippen molar-refractivity contribution in [2.45, 2.75) is 26.7 Å². The highest BCUT2D eigenvalue weighted by atomic mass is 16.2. The number of hydrogen-bond donors (Lipinski definition) is 2. The van der Waals surface area contributed by atoms with Gasteiger partial charge in [-0.2, -0.15) is 0 Å². The third-order valence-corrected chi connectivity index (χ3v) is 4.10. The van der Waals surface area contributed by atoms with E-state index in [-0.39, 0.29) is 17.9 Å². The maximum absolute atomic E-state index is 12.3. The summed E-state index contributed by atoms with van der Waals surface area (Å²) in [5.74, 6) is 6.21. The first-order valence-corrected chi connectivity index (χ1v) is 8.90. The molecule has 0 saturated carbocycles. The first-order chi connectivity index (χ1) is 12.1. The van der Waals surface area contributed by atoms with Gasteiger partial charge in [-0.1, -0.05) is 43.9 Å². The van der Waals surface area contributed by atoms with Crippen LogP contribution in [0.3, 0.4) is 0 Å². The van der Waals surface area contributed by atoms with Gasteiger partial charge in [0.1, 0.15) is 0 Å². The number of benzene rings is 1. The minimum absolute atomic E-state index is 0.0243. The fourth-order valence-electron chi connectivity index (χ4n) is 2.72. The third kappa shape index (κ3) is 6.50. The maximum Gasteiger partial charge on any atom is 0.317 e. The fraction of sp³-hybridized carbons (Fsp3) is 0.500. The smallest absolute Gasteiger partial charge is 0.317 e. The Morgan fingerprint density at radius 2 is 2.00 bits per heavy atom. The van der Waals surface area contributed by atoms with Crippen LogP contribution in [0.2, 0.25) is 0 Å². The summed E-state index contributed by atoms with van der Waals surface area (Å²) in [6.07, 6.45) is 1.66. The van der Waals surface area contributed by atoms with Crippen molar-refractivity contribution in [2.75, 3.05) is 26.2 Å². The van der Waals surface area contributed by atoms with Crippen LogP contribution >= 0.6 is 0 Å². The van der Waals surface area contributed by atoms with Crippen molar-refractivity contribution in [1.82, 2.24) is 15.5 Å². The molecular weight excluding hydrogens is 314 g/mol. The van der Waals surface area contributed by atoms with Crippen molar-refractivity contribution < 1.29 is 9.59 Å². The Bertz CT molecular complexity index is 631. The number of carbonyl (C=O) groups is 2. The Hall–Kier alpha value is -2.48. The van der Waals surface area contributed by atoms with Gasteiger partial charge in [0.05, 0.1) is 12.5 Å². The van der Waals surface area contributed by atoms with Gasteiger partial charge in [-0.15, -0.1) is 0 Å². The number of carbonyl (C=O) groups excluding carboxylic acids is 2. The summed E-state index contributed by atoms with van der Waals surface area (Å²) in [5.41, 5.74) is 0.933. The molecule has 1 aliphatic heterocycles. The zero-order valence-corrected chi connectivity index (χ0v) is 15.0. The van der Waals surface area contributed by atoms with E-state index in [4.69, 9.17) is 0 Å². The number of nitrogens with one attached hydrogen (secondary N) is 2. The van der Waals surface area contributed by atoms with E-state index in [1.54, 1.807) is 4.90 Å². The molecule has 1 saturated heterocycles. The second kappa shape index (κ2) is 9.73. The lowest BCUT2D eigenvalue weighted by Gasteiger charge is -2.32. The molecule has 2 N–H and O–H groups in total. The van der Waals surface area contributed by atoms with E-state index in [0.717, 1.165) is 18.4 Å². The second-order valence-corrected chi connectivity index (χ2v) is 6.75.